The minimum atomic E-state index is -4.82. The predicted octanol–water partition coefficient (Wildman–Crippen LogP) is 0.697. The van der Waals surface area contributed by atoms with Gasteiger partial charge >= 0.3 is 20.4 Å². The van der Waals surface area contributed by atoms with Gasteiger partial charge in [0.1, 0.15) is 12.5 Å². The molecule has 0 atom stereocenters. The molecule has 0 unspecified atom stereocenters. The highest BCUT2D eigenvalue weighted by Gasteiger charge is 1.99. The SMILES string of the molecule is F.O=S(=O)(F)C=COC=CS(=O)(=O)F. The van der Waals surface area contributed by atoms with Gasteiger partial charge in [0, 0.05) is 0 Å². The number of rotatable bonds is 4. The van der Waals surface area contributed by atoms with E-state index in [9.17, 15) is 24.6 Å². The highest BCUT2D eigenvalue weighted by molar-refractivity contribution is 7.89. The molecule has 0 aromatic heterocycles. The van der Waals surface area contributed by atoms with Gasteiger partial charge in [-0.1, -0.05) is 0 Å². The quantitative estimate of drug-likeness (QED) is 0.545. The fourth-order valence-electron chi connectivity index (χ4n) is 0.242. The summed E-state index contributed by atoms with van der Waals surface area (Å²) in [6, 6.07) is 0. The first-order chi connectivity index (χ1) is 5.71. The van der Waals surface area contributed by atoms with Crippen LogP contribution in [0.3, 0.4) is 0 Å². The summed E-state index contributed by atoms with van der Waals surface area (Å²) in [6.07, 6.45) is 0.689. The Hall–Kier alpha value is -1.03. The van der Waals surface area contributed by atoms with E-state index in [1.807, 2.05) is 0 Å². The first kappa shape index (κ1) is 15.4. The maximum Gasteiger partial charge on any atom is 0.328 e. The van der Waals surface area contributed by atoms with Crippen LogP contribution in [-0.2, 0) is 25.2 Å². The van der Waals surface area contributed by atoms with Crippen LogP contribution in [0, 0.1) is 0 Å². The summed E-state index contributed by atoms with van der Waals surface area (Å²) in [5.74, 6) is 0. The van der Waals surface area contributed by atoms with E-state index in [4.69, 9.17) is 0 Å². The Morgan fingerprint density at radius 3 is 1.36 bits per heavy atom. The Morgan fingerprint density at radius 1 is 0.857 bits per heavy atom. The van der Waals surface area contributed by atoms with E-state index in [0.29, 0.717) is 12.5 Å². The lowest BCUT2D eigenvalue weighted by Crippen LogP contribution is -1.83. The summed E-state index contributed by atoms with van der Waals surface area (Å²) < 4.78 is 66.2. The summed E-state index contributed by atoms with van der Waals surface area (Å²) in [6.45, 7) is 0. The summed E-state index contributed by atoms with van der Waals surface area (Å²) >= 11 is 0. The molecule has 0 aliphatic heterocycles. The van der Waals surface area contributed by atoms with Crippen LogP contribution in [0.25, 0.3) is 0 Å². The van der Waals surface area contributed by atoms with Crippen molar-refractivity contribution >= 4 is 20.4 Å². The van der Waals surface area contributed by atoms with Gasteiger partial charge in [0.15, 0.2) is 0 Å². The number of halogens is 3. The van der Waals surface area contributed by atoms with E-state index in [0.717, 1.165) is 0 Å². The van der Waals surface area contributed by atoms with Crippen LogP contribution in [0.4, 0.5) is 12.5 Å². The molecular formula is C4H5F3O5S2. The second-order valence-electron chi connectivity index (χ2n) is 1.63. The van der Waals surface area contributed by atoms with E-state index in [-0.39, 0.29) is 15.5 Å². The van der Waals surface area contributed by atoms with E-state index >= 15 is 0 Å². The van der Waals surface area contributed by atoms with Gasteiger partial charge in [-0.05, 0) is 0 Å². The molecule has 0 aromatic carbocycles. The third-order valence-electron chi connectivity index (χ3n) is 0.593. The van der Waals surface area contributed by atoms with Gasteiger partial charge in [-0.2, -0.15) is 16.8 Å². The average molecular weight is 254 g/mol. The van der Waals surface area contributed by atoms with Crippen molar-refractivity contribution in [3.63, 3.8) is 0 Å². The Bertz CT molecular complexity index is 366. The molecule has 10 heteroatoms. The minimum absolute atomic E-state index is 0. The Morgan fingerprint density at radius 2 is 1.14 bits per heavy atom. The molecular weight excluding hydrogens is 249 g/mol. The van der Waals surface area contributed by atoms with Gasteiger partial charge in [0.2, 0.25) is 0 Å². The number of hydrogen-bond donors (Lipinski definition) is 0. The maximum absolute atomic E-state index is 11.6. The van der Waals surface area contributed by atoms with Gasteiger partial charge in [0.25, 0.3) is 0 Å². The molecule has 0 aliphatic rings. The van der Waals surface area contributed by atoms with Crippen molar-refractivity contribution in [2.24, 2.45) is 0 Å². The Labute approximate surface area is 78.5 Å². The normalized spacial score (nSPS) is 13.0. The third kappa shape index (κ3) is 13.6. The van der Waals surface area contributed by atoms with Crippen molar-refractivity contribution in [3.05, 3.63) is 23.3 Å². The molecule has 0 spiro atoms. The third-order valence-corrected chi connectivity index (χ3v) is 1.47. The highest BCUT2D eigenvalue weighted by Crippen LogP contribution is 1.96. The molecule has 84 valence electrons. The molecule has 0 aliphatic carbocycles. The van der Waals surface area contributed by atoms with Crippen LogP contribution in [0.15, 0.2) is 23.3 Å². The highest BCUT2D eigenvalue weighted by atomic mass is 32.3. The van der Waals surface area contributed by atoms with Crippen molar-refractivity contribution in [3.8, 4) is 0 Å². The van der Waals surface area contributed by atoms with Crippen molar-refractivity contribution in [1.29, 1.82) is 0 Å². The minimum Gasteiger partial charge on any atom is -0.471 e. The molecule has 0 heterocycles. The fourth-order valence-corrected chi connectivity index (χ4v) is 0.636. The van der Waals surface area contributed by atoms with Crippen molar-refractivity contribution in [2.75, 3.05) is 0 Å². The molecule has 0 aromatic rings. The lowest BCUT2D eigenvalue weighted by Gasteiger charge is -1.85. The Kier molecular flexibility index (Phi) is 6.23. The molecule has 0 fully saturated rings. The first-order valence-corrected chi connectivity index (χ1v) is 5.48. The second-order valence-corrected chi connectivity index (χ2v) is 4.08. The molecule has 0 rings (SSSR count). The molecule has 0 amide bonds. The van der Waals surface area contributed by atoms with E-state index < -0.39 is 20.4 Å². The lowest BCUT2D eigenvalue weighted by molar-refractivity contribution is 0.403. The monoisotopic (exact) mass is 254 g/mol. The van der Waals surface area contributed by atoms with E-state index in [2.05, 4.69) is 4.74 Å². The van der Waals surface area contributed by atoms with Crippen LogP contribution in [0.2, 0.25) is 0 Å². The largest absolute Gasteiger partial charge is 0.471 e. The molecule has 14 heavy (non-hydrogen) atoms. The number of hydrogen-bond acceptors (Lipinski definition) is 5. The second kappa shape index (κ2) is 5.65. The maximum atomic E-state index is 11.6. The van der Waals surface area contributed by atoms with Gasteiger partial charge in [0.05, 0.1) is 10.8 Å². The van der Waals surface area contributed by atoms with Gasteiger partial charge < -0.3 is 4.74 Å². The van der Waals surface area contributed by atoms with Crippen molar-refractivity contribution in [1.82, 2.24) is 0 Å². The zero-order valence-corrected chi connectivity index (χ0v) is 7.96. The van der Waals surface area contributed by atoms with Gasteiger partial charge in [-0.25, -0.2) is 0 Å². The fraction of sp³-hybridized carbons (Fsp3) is 0. The summed E-state index contributed by atoms with van der Waals surface area (Å²) in [7, 11) is -9.65. The van der Waals surface area contributed by atoms with Crippen LogP contribution in [-0.4, -0.2) is 16.8 Å². The van der Waals surface area contributed by atoms with Gasteiger partial charge in [-0.15, -0.1) is 7.77 Å². The average Bonchev–Trinajstić information content (AvgIpc) is 1.81. The topological polar surface area (TPSA) is 77.5 Å². The zero-order chi connectivity index (χ0) is 10.5. The molecule has 0 saturated heterocycles. The summed E-state index contributed by atoms with van der Waals surface area (Å²) in [5, 5.41) is 0.0599. The van der Waals surface area contributed by atoms with Crippen molar-refractivity contribution in [2.45, 2.75) is 0 Å². The zero-order valence-electron chi connectivity index (χ0n) is 6.33. The standard InChI is InChI=1S/C4H4F2O5S2.FH/c5-12(7,8)3-1-11-2-4-13(6,9)10;/h1-4H;1H. The summed E-state index contributed by atoms with van der Waals surface area (Å²) in [5.41, 5.74) is 0. The molecule has 5 nitrogen and oxygen atoms in total. The van der Waals surface area contributed by atoms with E-state index in [1.165, 1.54) is 0 Å². The van der Waals surface area contributed by atoms with Crippen LogP contribution in [0.5, 0.6) is 0 Å². The van der Waals surface area contributed by atoms with E-state index in [1.54, 1.807) is 0 Å². The smallest absolute Gasteiger partial charge is 0.328 e. The van der Waals surface area contributed by atoms with Crippen LogP contribution >= 0.6 is 0 Å². The lowest BCUT2D eigenvalue weighted by atomic mass is 11.1. The molecule has 0 bridgehead atoms. The Balaban J connectivity index is 0. The van der Waals surface area contributed by atoms with Crippen LogP contribution in [0.1, 0.15) is 0 Å². The van der Waals surface area contributed by atoms with Gasteiger partial charge in [-0.3, -0.25) is 4.70 Å². The first-order valence-electron chi connectivity index (χ1n) is 2.58. The molecule has 0 N–H and O–H groups in total. The van der Waals surface area contributed by atoms with Crippen LogP contribution < -0.4 is 0 Å². The number of ether oxygens (including phenoxy) is 1. The summed E-state index contributed by atoms with van der Waals surface area (Å²) in [4.78, 5) is 0. The molecule has 0 radical (unpaired) electrons. The molecule has 0 saturated carbocycles. The predicted molar refractivity (Wildman–Crippen MR) is 41.9 cm³/mol. The van der Waals surface area contributed by atoms with Crippen molar-refractivity contribution < 1.29 is 34.0 Å².